The third-order valence-corrected chi connectivity index (χ3v) is 3.57. The zero-order valence-corrected chi connectivity index (χ0v) is 10.9. The van der Waals surface area contributed by atoms with Crippen molar-refractivity contribution in [3.63, 3.8) is 0 Å². The molecule has 0 spiro atoms. The smallest absolute Gasteiger partial charge is 0.121 e. The van der Waals surface area contributed by atoms with Crippen LogP contribution in [-0.4, -0.2) is 18.6 Å². The highest BCUT2D eigenvalue weighted by Crippen LogP contribution is 2.29. The van der Waals surface area contributed by atoms with Crippen molar-refractivity contribution in [2.45, 2.75) is 13.3 Å². The number of rotatable bonds is 4. The molecule has 0 aliphatic rings. The SMILES string of the molecule is COc1ccc(-c2ncsc2CCN)cc1C. The van der Waals surface area contributed by atoms with Crippen molar-refractivity contribution in [2.75, 3.05) is 13.7 Å². The van der Waals surface area contributed by atoms with Gasteiger partial charge in [0.1, 0.15) is 5.75 Å². The van der Waals surface area contributed by atoms with E-state index in [0.29, 0.717) is 6.54 Å². The maximum atomic E-state index is 5.60. The Labute approximate surface area is 105 Å². The Balaban J connectivity index is 2.39. The van der Waals surface area contributed by atoms with E-state index < -0.39 is 0 Å². The van der Waals surface area contributed by atoms with E-state index in [1.807, 2.05) is 24.6 Å². The molecule has 0 aliphatic heterocycles. The van der Waals surface area contributed by atoms with Crippen LogP contribution in [0.3, 0.4) is 0 Å². The van der Waals surface area contributed by atoms with Gasteiger partial charge in [-0.1, -0.05) is 0 Å². The molecule has 17 heavy (non-hydrogen) atoms. The van der Waals surface area contributed by atoms with Crippen LogP contribution in [0.4, 0.5) is 0 Å². The second-order valence-corrected chi connectivity index (χ2v) is 4.79. The number of hydrogen-bond acceptors (Lipinski definition) is 4. The third kappa shape index (κ3) is 2.48. The molecule has 3 nitrogen and oxygen atoms in total. The Hall–Kier alpha value is -1.39. The molecule has 0 saturated carbocycles. The molecule has 0 amide bonds. The minimum atomic E-state index is 0.657. The number of ether oxygens (including phenoxy) is 1. The van der Waals surface area contributed by atoms with Gasteiger partial charge in [0, 0.05) is 10.4 Å². The first-order valence-corrected chi connectivity index (χ1v) is 6.41. The van der Waals surface area contributed by atoms with Gasteiger partial charge < -0.3 is 10.5 Å². The summed E-state index contributed by atoms with van der Waals surface area (Å²) < 4.78 is 5.26. The molecule has 0 fully saturated rings. The van der Waals surface area contributed by atoms with Crippen LogP contribution in [0, 0.1) is 6.92 Å². The number of benzene rings is 1. The van der Waals surface area contributed by atoms with Crippen LogP contribution in [0.5, 0.6) is 5.75 Å². The summed E-state index contributed by atoms with van der Waals surface area (Å²) in [6, 6.07) is 6.13. The van der Waals surface area contributed by atoms with Crippen LogP contribution < -0.4 is 10.5 Å². The Bertz CT molecular complexity index is 508. The van der Waals surface area contributed by atoms with E-state index in [2.05, 4.69) is 11.1 Å². The Morgan fingerprint density at radius 2 is 2.24 bits per heavy atom. The second kappa shape index (κ2) is 5.29. The van der Waals surface area contributed by atoms with Gasteiger partial charge in [-0.05, 0) is 43.7 Å². The zero-order valence-electron chi connectivity index (χ0n) is 10.1. The number of nitrogens with zero attached hydrogens (tertiary/aromatic N) is 1. The highest BCUT2D eigenvalue weighted by molar-refractivity contribution is 7.10. The summed E-state index contributed by atoms with van der Waals surface area (Å²) in [6.45, 7) is 2.70. The lowest BCUT2D eigenvalue weighted by molar-refractivity contribution is 0.412. The predicted molar refractivity (Wildman–Crippen MR) is 71.6 cm³/mol. The largest absolute Gasteiger partial charge is 0.496 e. The lowest BCUT2D eigenvalue weighted by atomic mass is 10.1. The standard InChI is InChI=1S/C13H16N2OS/c1-9-7-10(3-4-11(9)16-2)13-12(5-6-14)17-8-15-13/h3-4,7-8H,5-6,14H2,1-2H3. The van der Waals surface area contributed by atoms with Gasteiger partial charge in [-0.15, -0.1) is 11.3 Å². The lowest BCUT2D eigenvalue weighted by Gasteiger charge is -2.07. The Morgan fingerprint density at radius 1 is 1.41 bits per heavy atom. The molecular formula is C13H16N2OS. The van der Waals surface area contributed by atoms with Crippen molar-refractivity contribution in [3.8, 4) is 17.0 Å². The van der Waals surface area contributed by atoms with Crippen molar-refractivity contribution < 1.29 is 4.74 Å². The molecule has 90 valence electrons. The van der Waals surface area contributed by atoms with E-state index in [9.17, 15) is 0 Å². The maximum Gasteiger partial charge on any atom is 0.121 e. The number of methoxy groups -OCH3 is 1. The van der Waals surface area contributed by atoms with Gasteiger partial charge in [-0.2, -0.15) is 0 Å². The lowest BCUT2D eigenvalue weighted by Crippen LogP contribution is -2.02. The number of aryl methyl sites for hydroxylation is 1. The van der Waals surface area contributed by atoms with Gasteiger partial charge in [-0.25, -0.2) is 4.98 Å². The molecule has 0 saturated heterocycles. The summed E-state index contributed by atoms with van der Waals surface area (Å²) in [5.74, 6) is 0.907. The van der Waals surface area contributed by atoms with Gasteiger partial charge in [0.2, 0.25) is 0 Å². The van der Waals surface area contributed by atoms with Gasteiger partial charge >= 0.3 is 0 Å². The van der Waals surface area contributed by atoms with Crippen molar-refractivity contribution in [1.82, 2.24) is 4.98 Å². The number of nitrogens with two attached hydrogens (primary N) is 1. The molecule has 4 heteroatoms. The van der Waals surface area contributed by atoms with Gasteiger partial charge in [-0.3, -0.25) is 0 Å². The van der Waals surface area contributed by atoms with Crippen molar-refractivity contribution in [3.05, 3.63) is 34.2 Å². The van der Waals surface area contributed by atoms with Crippen LogP contribution in [0.1, 0.15) is 10.4 Å². The van der Waals surface area contributed by atoms with Crippen molar-refractivity contribution in [2.24, 2.45) is 5.73 Å². The normalized spacial score (nSPS) is 10.5. The molecule has 1 aromatic carbocycles. The fourth-order valence-corrected chi connectivity index (χ4v) is 2.64. The topological polar surface area (TPSA) is 48.1 Å². The van der Waals surface area contributed by atoms with E-state index in [1.54, 1.807) is 18.4 Å². The number of hydrogen-bond donors (Lipinski definition) is 1. The van der Waals surface area contributed by atoms with Crippen LogP contribution >= 0.6 is 11.3 Å². The predicted octanol–water partition coefficient (Wildman–Crippen LogP) is 2.63. The Kier molecular flexibility index (Phi) is 3.76. The highest BCUT2D eigenvalue weighted by atomic mass is 32.1. The van der Waals surface area contributed by atoms with Crippen LogP contribution in [-0.2, 0) is 6.42 Å². The summed E-state index contributed by atoms with van der Waals surface area (Å²) >= 11 is 1.66. The first-order chi connectivity index (χ1) is 8.26. The van der Waals surface area contributed by atoms with Gasteiger partial charge in [0.15, 0.2) is 0 Å². The van der Waals surface area contributed by atoms with E-state index in [4.69, 9.17) is 10.5 Å². The Morgan fingerprint density at radius 3 is 2.88 bits per heavy atom. The molecule has 0 bridgehead atoms. The monoisotopic (exact) mass is 248 g/mol. The maximum absolute atomic E-state index is 5.60. The first-order valence-electron chi connectivity index (χ1n) is 5.53. The van der Waals surface area contributed by atoms with E-state index in [0.717, 1.165) is 29.0 Å². The summed E-state index contributed by atoms with van der Waals surface area (Å²) in [5.41, 5.74) is 10.8. The van der Waals surface area contributed by atoms with Gasteiger partial charge in [0.05, 0.1) is 18.3 Å². The molecular weight excluding hydrogens is 232 g/mol. The number of thiazole rings is 1. The van der Waals surface area contributed by atoms with Crippen LogP contribution in [0.2, 0.25) is 0 Å². The molecule has 2 N–H and O–H groups in total. The number of aromatic nitrogens is 1. The fraction of sp³-hybridized carbons (Fsp3) is 0.308. The van der Waals surface area contributed by atoms with Crippen LogP contribution in [0.15, 0.2) is 23.7 Å². The van der Waals surface area contributed by atoms with Crippen molar-refractivity contribution >= 4 is 11.3 Å². The molecule has 0 atom stereocenters. The summed E-state index contributed by atoms with van der Waals surface area (Å²) in [4.78, 5) is 5.67. The van der Waals surface area contributed by atoms with Crippen LogP contribution in [0.25, 0.3) is 11.3 Å². The molecule has 2 rings (SSSR count). The minimum absolute atomic E-state index is 0.657. The van der Waals surface area contributed by atoms with E-state index in [1.165, 1.54) is 4.88 Å². The van der Waals surface area contributed by atoms with Crippen molar-refractivity contribution in [1.29, 1.82) is 0 Å². The van der Waals surface area contributed by atoms with Gasteiger partial charge in [0.25, 0.3) is 0 Å². The quantitative estimate of drug-likeness (QED) is 0.904. The first kappa shape index (κ1) is 12.1. The zero-order chi connectivity index (χ0) is 12.3. The summed E-state index contributed by atoms with van der Waals surface area (Å²) in [5, 5.41) is 0. The average Bonchev–Trinajstić information content (AvgIpc) is 2.78. The summed E-state index contributed by atoms with van der Waals surface area (Å²) in [7, 11) is 1.69. The fourth-order valence-electron chi connectivity index (χ4n) is 1.84. The third-order valence-electron chi connectivity index (χ3n) is 2.68. The molecule has 0 radical (unpaired) electrons. The van der Waals surface area contributed by atoms with E-state index in [-0.39, 0.29) is 0 Å². The second-order valence-electron chi connectivity index (χ2n) is 3.85. The highest BCUT2D eigenvalue weighted by Gasteiger charge is 2.09. The average molecular weight is 248 g/mol. The summed E-state index contributed by atoms with van der Waals surface area (Å²) in [6.07, 6.45) is 0.880. The molecule has 2 aromatic rings. The molecule has 0 unspecified atom stereocenters. The molecule has 1 heterocycles. The molecule has 1 aromatic heterocycles. The van der Waals surface area contributed by atoms with E-state index >= 15 is 0 Å². The molecule has 0 aliphatic carbocycles. The minimum Gasteiger partial charge on any atom is -0.496 e.